The van der Waals surface area contributed by atoms with Crippen LogP contribution in [0.4, 0.5) is 0 Å². The Kier molecular flexibility index (Phi) is 5.10. The molecule has 0 N–H and O–H groups in total. The predicted octanol–water partition coefficient (Wildman–Crippen LogP) is 4.06. The van der Waals surface area contributed by atoms with Crippen molar-refractivity contribution in [3.8, 4) is 0 Å². The zero-order chi connectivity index (χ0) is 14.7. The first kappa shape index (κ1) is 15.4. The molecule has 0 aliphatic rings. The number of halogens is 1. The highest BCUT2D eigenvalue weighted by atomic mass is 79.9. The van der Waals surface area contributed by atoms with E-state index in [1.807, 2.05) is 26.8 Å². The van der Waals surface area contributed by atoms with Crippen molar-refractivity contribution in [2.45, 2.75) is 50.7 Å². The first-order chi connectivity index (χ1) is 9.49. The van der Waals surface area contributed by atoms with Crippen molar-refractivity contribution in [2.75, 3.05) is 0 Å². The lowest BCUT2D eigenvalue weighted by Crippen LogP contribution is -2.00. The fourth-order valence-electron chi connectivity index (χ4n) is 1.71. The molecule has 0 bridgehead atoms. The molecule has 0 unspecified atom stereocenters. The minimum absolute atomic E-state index is 0.735. The van der Waals surface area contributed by atoms with E-state index in [9.17, 15) is 0 Å². The maximum absolute atomic E-state index is 4.54. The highest BCUT2D eigenvalue weighted by Gasteiger charge is 2.09. The molecule has 0 aliphatic carbocycles. The quantitative estimate of drug-likeness (QED) is 0.613. The van der Waals surface area contributed by atoms with Gasteiger partial charge < -0.3 is 0 Å². The summed E-state index contributed by atoms with van der Waals surface area (Å²) in [5.74, 6) is 0.852. The summed E-state index contributed by atoms with van der Waals surface area (Å²) in [4.78, 5) is 17.9. The molecule has 0 atom stereocenters. The van der Waals surface area contributed by atoms with Crippen LogP contribution >= 0.6 is 27.7 Å². The average Bonchev–Trinajstić information content (AvgIpc) is 2.35. The lowest BCUT2D eigenvalue weighted by Gasteiger charge is -2.07. The normalized spacial score (nSPS) is 10.8. The maximum Gasteiger partial charge on any atom is 0.194 e. The van der Waals surface area contributed by atoms with Crippen LogP contribution in [-0.4, -0.2) is 19.9 Å². The molecule has 0 spiro atoms. The van der Waals surface area contributed by atoms with Crippen LogP contribution in [0.15, 0.2) is 20.9 Å². The van der Waals surface area contributed by atoms with Crippen LogP contribution < -0.4 is 0 Å². The van der Waals surface area contributed by atoms with Gasteiger partial charge in [0.15, 0.2) is 5.16 Å². The number of hydrogen-bond acceptors (Lipinski definition) is 5. The molecule has 6 heteroatoms. The Labute approximate surface area is 132 Å². The van der Waals surface area contributed by atoms with Crippen LogP contribution in [0.5, 0.6) is 0 Å². The van der Waals surface area contributed by atoms with Crippen molar-refractivity contribution in [2.24, 2.45) is 0 Å². The highest BCUT2D eigenvalue weighted by molar-refractivity contribution is 9.10. The Hall–Kier alpha value is -1.01. The van der Waals surface area contributed by atoms with Gasteiger partial charge in [-0.1, -0.05) is 6.92 Å². The second-order valence-electron chi connectivity index (χ2n) is 4.60. The van der Waals surface area contributed by atoms with Crippen LogP contribution in [0.1, 0.15) is 36.1 Å². The van der Waals surface area contributed by atoms with Crippen LogP contribution in [0.3, 0.4) is 0 Å². The van der Waals surface area contributed by atoms with Gasteiger partial charge in [-0.15, -0.1) is 0 Å². The van der Waals surface area contributed by atoms with Gasteiger partial charge in [0.25, 0.3) is 0 Å². The molecule has 20 heavy (non-hydrogen) atoms. The topological polar surface area (TPSA) is 51.6 Å². The molecule has 0 saturated heterocycles. The molecule has 0 amide bonds. The van der Waals surface area contributed by atoms with E-state index in [1.165, 1.54) is 11.8 Å². The van der Waals surface area contributed by atoms with Crippen molar-refractivity contribution in [1.82, 2.24) is 19.9 Å². The van der Waals surface area contributed by atoms with E-state index in [0.717, 1.165) is 50.4 Å². The zero-order valence-corrected chi connectivity index (χ0v) is 14.5. The van der Waals surface area contributed by atoms with Crippen molar-refractivity contribution in [3.63, 3.8) is 0 Å². The van der Waals surface area contributed by atoms with Gasteiger partial charge >= 0.3 is 0 Å². The summed E-state index contributed by atoms with van der Waals surface area (Å²) in [5, 5.41) is 1.61. The van der Waals surface area contributed by atoms with E-state index < -0.39 is 0 Å². The predicted molar refractivity (Wildman–Crippen MR) is 84.1 cm³/mol. The van der Waals surface area contributed by atoms with Gasteiger partial charge in [-0.3, -0.25) is 0 Å². The number of aromatic nitrogens is 4. The van der Waals surface area contributed by atoms with E-state index >= 15 is 0 Å². The fourth-order valence-corrected chi connectivity index (χ4v) is 3.16. The molecule has 0 aromatic carbocycles. The molecule has 2 heterocycles. The molecule has 2 rings (SSSR count). The zero-order valence-electron chi connectivity index (χ0n) is 12.1. The molecular formula is C14H17BrN4S. The van der Waals surface area contributed by atoms with Gasteiger partial charge in [0.1, 0.15) is 15.5 Å². The SMILES string of the molecule is CCCc1nc(Br)cc(Sc2nc(C)c(C)c(C)n2)n1. The summed E-state index contributed by atoms with van der Waals surface area (Å²) in [7, 11) is 0. The fraction of sp³-hybridized carbons (Fsp3) is 0.429. The molecule has 0 saturated carbocycles. The summed E-state index contributed by atoms with van der Waals surface area (Å²) >= 11 is 4.91. The van der Waals surface area contributed by atoms with E-state index in [0.29, 0.717) is 0 Å². The van der Waals surface area contributed by atoms with Crippen LogP contribution in [0.2, 0.25) is 0 Å². The summed E-state index contributed by atoms with van der Waals surface area (Å²) in [6, 6.07) is 1.90. The Morgan fingerprint density at radius 3 is 2.30 bits per heavy atom. The second kappa shape index (κ2) is 6.63. The Balaban J connectivity index is 2.30. The highest BCUT2D eigenvalue weighted by Crippen LogP contribution is 2.26. The van der Waals surface area contributed by atoms with Crippen LogP contribution in [-0.2, 0) is 6.42 Å². The minimum atomic E-state index is 0.735. The number of rotatable bonds is 4. The third-order valence-electron chi connectivity index (χ3n) is 3.00. The third kappa shape index (κ3) is 3.76. The molecule has 0 fully saturated rings. The molecule has 0 radical (unpaired) electrons. The van der Waals surface area contributed by atoms with Crippen molar-refractivity contribution in [1.29, 1.82) is 0 Å². The number of hydrogen-bond donors (Lipinski definition) is 0. The molecule has 106 valence electrons. The molecule has 2 aromatic heterocycles. The van der Waals surface area contributed by atoms with Gasteiger partial charge in [-0.25, -0.2) is 19.9 Å². The average molecular weight is 353 g/mol. The van der Waals surface area contributed by atoms with Gasteiger partial charge in [-0.05, 0) is 60.4 Å². The monoisotopic (exact) mass is 352 g/mol. The van der Waals surface area contributed by atoms with Crippen molar-refractivity contribution >= 4 is 27.7 Å². The molecule has 2 aromatic rings. The molecule has 0 aliphatic heterocycles. The standard InChI is InChI=1S/C14H17BrN4S/c1-5-6-12-18-11(15)7-13(19-12)20-14-16-9(3)8(2)10(4)17-14/h7H,5-6H2,1-4H3. The van der Waals surface area contributed by atoms with Crippen molar-refractivity contribution < 1.29 is 0 Å². The van der Waals surface area contributed by atoms with Crippen LogP contribution in [0.25, 0.3) is 0 Å². The summed E-state index contributed by atoms with van der Waals surface area (Å²) in [6.07, 6.45) is 1.90. The van der Waals surface area contributed by atoms with Crippen molar-refractivity contribution in [3.05, 3.63) is 33.4 Å². The largest absolute Gasteiger partial charge is 0.227 e. The number of aryl methyl sites for hydroxylation is 3. The maximum atomic E-state index is 4.54. The third-order valence-corrected chi connectivity index (χ3v) is 4.19. The molecular weight excluding hydrogens is 336 g/mol. The van der Waals surface area contributed by atoms with E-state index in [1.54, 1.807) is 0 Å². The summed E-state index contributed by atoms with van der Waals surface area (Å²) < 4.78 is 0.805. The van der Waals surface area contributed by atoms with Gasteiger partial charge in [0.05, 0.1) is 0 Å². The summed E-state index contributed by atoms with van der Waals surface area (Å²) in [6.45, 7) is 8.17. The Morgan fingerprint density at radius 1 is 1.05 bits per heavy atom. The lowest BCUT2D eigenvalue weighted by atomic mass is 10.2. The van der Waals surface area contributed by atoms with Gasteiger partial charge in [0, 0.05) is 23.9 Å². The lowest BCUT2D eigenvalue weighted by molar-refractivity contribution is 0.800. The smallest absolute Gasteiger partial charge is 0.194 e. The van der Waals surface area contributed by atoms with Crippen LogP contribution in [0, 0.1) is 20.8 Å². The molecule has 4 nitrogen and oxygen atoms in total. The Morgan fingerprint density at radius 2 is 1.70 bits per heavy atom. The van der Waals surface area contributed by atoms with E-state index in [2.05, 4.69) is 42.8 Å². The Bertz CT molecular complexity index is 608. The van der Waals surface area contributed by atoms with Gasteiger partial charge in [-0.2, -0.15) is 0 Å². The van der Waals surface area contributed by atoms with E-state index in [-0.39, 0.29) is 0 Å². The first-order valence-electron chi connectivity index (χ1n) is 6.52. The number of nitrogens with zero attached hydrogens (tertiary/aromatic N) is 4. The second-order valence-corrected chi connectivity index (χ2v) is 6.40. The van der Waals surface area contributed by atoms with E-state index in [4.69, 9.17) is 0 Å². The first-order valence-corrected chi connectivity index (χ1v) is 8.13. The minimum Gasteiger partial charge on any atom is -0.227 e. The van der Waals surface area contributed by atoms with Gasteiger partial charge in [0.2, 0.25) is 0 Å². The summed E-state index contributed by atoms with van der Waals surface area (Å²) in [5.41, 5.74) is 3.17.